The van der Waals surface area contributed by atoms with Gasteiger partial charge in [0.05, 0.1) is 6.10 Å². The van der Waals surface area contributed by atoms with Gasteiger partial charge in [0.25, 0.3) is 5.67 Å². The van der Waals surface area contributed by atoms with E-state index >= 15 is 0 Å². The van der Waals surface area contributed by atoms with Crippen molar-refractivity contribution in [2.24, 2.45) is 0 Å². The van der Waals surface area contributed by atoms with E-state index in [0.29, 0.717) is 0 Å². The first kappa shape index (κ1) is 19.2. The molecular weight excluding hydrogens is 379 g/mol. The van der Waals surface area contributed by atoms with Gasteiger partial charge < -0.3 is 5.11 Å². The number of alkyl halides is 9. The molecule has 0 radical (unpaired) electrons. The van der Waals surface area contributed by atoms with E-state index in [0.717, 1.165) is 24.3 Å². The fourth-order valence-corrected chi connectivity index (χ4v) is 2.54. The van der Waals surface area contributed by atoms with Crippen molar-refractivity contribution in [1.29, 1.82) is 0 Å². The van der Waals surface area contributed by atoms with E-state index in [-0.39, 0.29) is 5.02 Å². The topological polar surface area (TPSA) is 20.2 Å². The molecule has 0 amide bonds. The Bertz CT molecular complexity index is 603. The van der Waals surface area contributed by atoms with E-state index < -0.39 is 47.4 Å². The Morgan fingerprint density at radius 3 is 1.50 bits per heavy atom. The van der Waals surface area contributed by atoms with Crippen LogP contribution in [-0.4, -0.2) is 34.5 Å². The zero-order valence-electron chi connectivity index (χ0n) is 11.3. The van der Waals surface area contributed by atoms with E-state index in [9.17, 15) is 44.6 Å². The van der Waals surface area contributed by atoms with E-state index in [4.69, 9.17) is 11.6 Å². The third-order valence-corrected chi connectivity index (χ3v) is 4.16. The van der Waals surface area contributed by atoms with Gasteiger partial charge in [-0.2, -0.15) is 35.1 Å². The molecule has 2 rings (SSSR count). The summed E-state index contributed by atoms with van der Waals surface area (Å²) in [5.41, 5.74) is -6.12. The Kier molecular flexibility index (Phi) is 4.13. The lowest BCUT2D eigenvalue weighted by Crippen LogP contribution is -2.55. The molecule has 1 saturated carbocycles. The lowest BCUT2D eigenvalue weighted by atomic mass is 9.88. The number of hydrogen-bond donors (Lipinski definition) is 1. The fraction of sp³-hybridized carbons (Fsp3) is 0.538. The van der Waals surface area contributed by atoms with Crippen LogP contribution in [0.5, 0.6) is 0 Å². The molecule has 1 unspecified atom stereocenters. The molecule has 0 aliphatic heterocycles. The first-order chi connectivity index (χ1) is 10.6. The van der Waals surface area contributed by atoms with Crippen molar-refractivity contribution in [1.82, 2.24) is 0 Å². The molecule has 24 heavy (non-hydrogen) atoms. The number of rotatable bonds is 3. The van der Waals surface area contributed by atoms with Crippen molar-refractivity contribution in [2.45, 2.75) is 41.9 Å². The number of hydrogen-bond acceptors (Lipinski definition) is 1. The summed E-state index contributed by atoms with van der Waals surface area (Å²) in [5, 5.41) is 9.68. The predicted molar refractivity (Wildman–Crippen MR) is 64.7 cm³/mol. The van der Waals surface area contributed by atoms with Crippen molar-refractivity contribution in [3.63, 3.8) is 0 Å². The Morgan fingerprint density at radius 1 is 0.750 bits per heavy atom. The van der Waals surface area contributed by atoms with Crippen LogP contribution in [0.2, 0.25) is 5.02 Å². The van der Waals surface area contributed by atoms with Gasteiger partial charge in [0.2, 0.25) is 0 Å². The van der Waals surface area contributed by atoms with E-state index in [1.807, 2.05) is 0 Å². The molecule has 0 aromatic heterocycles. The van der Waals surface area contributed by atoms with Gasteiger partial charge in [-0.25, -0.2) is 4.39 Å². The Labute approximate surface area is 134 Å². The average molecular weight is 387 g/mol. The normalized spacial score (nSPS) is 27.0. The lowest BCUT2D eigenvalue weighted by molar-refractivity contribution is -0.303. The van der Waals surface area contributed by atoms with Gasteiger partial charge in [0, 0.05) is 11.4 Å². The first-order valence-corrected chi connectivity index (χ1v) is 6.65. The highest BCUT2D eigenvalue weighted by molar-refractivity contribution is 6.30. The second-order valence-corrected chi connectivity index (χ2v) is 5.81. The minimum Gasteiger partial charge on any atom is -0.388 e. The first-order valence-electron chi connectivity index (χ1n) is 6.27. The van der Waals surface area contributed by atoms with Crippen molar-refractivity contribution in [3.8, 4) is 0 Å². The Hall–Kier alpha value is -1.16. The SMILES string of the molecule is OC(CC1(F)C(F)(F)C(F)(F)C(F)(F)C1(F)F)c1ccc(Cl)cc1. The monoisotopic (exact) mass is 386 g/mol. The molecule has 1 aliphatic carbocycles. The van der Waals surface area contributed by atoms with Gasteiger partial charge in [0.15, 0.2) is 0 Å². The standard InChI is InChI=1S/C13H8ClF9O/c14-7-3-1-6(2-4-7)8(24)5-9(15)10(16,17)12(20,21)13(22,23)11(9,18)19/h1-4,8,24H,5H2. The summed E-state index contributed by atoms with van der Waals surface area (Å²) in [6.07, 6.45) is -4.85. The van der Waals surface area contributed by atoms with Crippen molar-refractivity contribution >= 4 is 11.6 Å². The summed E-state index contributed by atoms with van der Waals surface area (Å²) in [6.45, 7) is 0. The summed E-state index contributed by atoms with van der Waals surface area (Å²) >= 11 is 5.49. The number of halogens is 10. The molecule has 1 nitrogen and oxygen atoms in total. The van der Waals surface area contributed by atoms with Crippen LogP contribution in [-0.2, 0) is 0 Å². The van der Waals surface area contributed by atoms with Crippen LogP contribution >= 0.6 is 11.6 Å². The summed E-state index contributed by atoms with van der Waals surface area (Å²) in [5.74, 6) is -26.1. The van der Waals surface area contributed by atoms with Crippen LogP contribution in [0.15, 0.2) is 24.3 Å². The molecule has 1 N–H and O–H groups in total. The van der Waals surface area contributed by atoms with Crippen LogP contribution in [0, 0.1) is 0 Å². The molecule has 0 heterocycles. The van der Waals surface area contributed by atoms with E-state index in [1.165, 1.54) is 0 Å². The average Bonchev–Trinajstić information content (AvgIpc) is 2.50. The molecule has 1 atom stereocenters. The van der Waals surface area contributed by atoms with E-state index in [2.05, 4.69) is 0 Å². The highest BCUT2D eigenvalue weighted by Gasteiger charge is 3.00. The van der Waals surface area contributed by atoms with Gasteiger partial charge in [0.1, 0.15) is 0 Å². The predicted octanol–water partition coefficient (Wildman–Crippen LogP) is 5.03. The second-order valence-electron chi connectivity index (χ2n) is 5.37. The van der Waals surface area contributed by atoms with Gasteiger partial charge >= 0.3 is 23.7 Å². The molecular formula is C13H8ClF9O. The largest absolute Gasteiger partial charge is 0.388 e. The maximum Gasteiger partial charge on any atom is 0.381 e. The molecule has 11 heteroatoms. The van der Waals surface area contributed by atoms with Crippen LogP contribution < -0.4 is 0 Å². The van der Waals surface area contributed by atoms with Crippen LogP contribution in [0.4, 0.5) is 39.5 Å². The fourth-order valence-electron chi connectivity index (χ4n) is 2.41. The van der Waals surface area contributed by atoms with Gasteiger partial charge in [-0.3, -0.25) is 0 Å². The quantitative estimate of drug-likeness (QED) is 0.723. The number of aliphatic hydroxyl groups excluding tert-OH is 1. The van der Waals surface area contributed by atoms with Crippen molar-refractivity contribution in [3.05, 3.63) is 34.9 Å². The van der Waals surface area contributed by atoms with Crippen molar-refractivity contribution < 1.29 is 44.6 Å². The van der Waals surface area contributed by atoms with Gasteiger partial charge in [-0.1, -0.05) is 23.7 Å². The summed E-state index contributed by atoms with van der Waals surface area (Å²) in [7, 11) is 0. The molecule has 1 aliphatic rings. The van der Waals surface area contributed by atoms with Crippen LogP contribution in [0.3, 0.4) is 0 Å². The smallest absolute Gasteiger partial charge is 0.381 e. The highest BCUT2D eigenvalue weighted by atomic mass is 35.5. The Balaban J connectivity index is 2.48. The molecule has 0 bridgehead atoms. The maximum atomic E-state index is 14.2. The Morgan fingerprint density at radius 2 is 1.12 bits per heavy atom. The summed E-state index contributed by atoms with van der Waals surface area (Å²) in [6, 6.07) is 3.97. The van der Waals surface area contributed by atoms with Crippen LogP contribution in [0.25, 0.3) is 0 Å². The maximum absolute atomic E-state index is 14.2. The third kappa shape index (κ3) is 2.08. The van der Waals surface area contributed by atoms with E-state index in [1.54, 1.807) is 0 Å². The zero-order chi connectivity index (χ0) is 18.8. The summed E-state index contributed by atoms with van der Waals surface area (Å²) < 4.78 is 120. The lowest BCUT2D eigenvalue weighted by Gasteiger charge is -2.32. The van der Waals surface area contributed by atoms with Gasteiger partial charge in [-0.05, 0) is 17.7 Å². The minimum atomic E-state index is -6.64. The van der Waals surface area contributed by atoms with Crippen LogP contribution in [0.1, 0.15) is 18.1 Å². The summed E-state index contributed by atoms with van der Waals surface area (Å²) in [4.78, 5) is 0. The van der Waals surface area contributed by atoms with Crippen molar-refractivity contribution in [2.75, 3.05) is 0 Å². The molecule has 1 aromatic rings. The molecule has 0 spiro atoms. The molecule has 1 fully saturated rings. The zero-order valence-corrected chi connectivity index (χ0v) is 12.1. The highest BCUT2D eigenvalue weighted by Crippen LogP contribution is 2.70. The molecule has 1 aromatic carbocycles. The number of benzene rings is 1. The third-order valence-electron chi connectivity index (χ3n) is 3.91. The second kappa shape index (κ2) is 5.17. The molecule has 0 saturated heterocycles. The molecule has 136 valence electrons. The number of aliphatic hydroxyl groups is 1. The minimum absolute atomic E-state index is 0.0792. The van der Waals surface area contributed by atoms with Gasteiger partial charge in [-0.15, -0.1) is 0 Å².